The van der Waals surface area contributed by atoms with Crippen molar-refractivity contribution in [1.82, 2.24) is 10.2 Å². The molecule has 0 bridgehead atoms. The lowest BCUT2D eigenvalue weighted by Gasteiger charge is -2.37. The Morgan fingerprint density at radius 1 is 1.13 bits per heavy atom. The Balaban J connectivity index is 2.51. The maximum Gasteiger partial charge on any atom is 0.0220 e. The molecule has 1 fully saturated rings. The summed E-state index contributed by atoms with van der Waals surface area (Å²) in [5, 5.41) is 3.50. The molecule has 3 unspecified atom stereocenters. The van der Waals surface area contributed by atoms with Crippen molar-refractivity contribution in [3.8, 4) is 0 Å². The highest BCUT2D eigenvalue weighted by Gasteiger charge is 2.29. The van der Waals surface area contributed by atoms with Crippen LogP contribution in [-0.4, -0.2) is 38.6 Å². The van der Waals surface area contributed by atoms with Gasteiger partial charge in [-0.15, -0.1) is 0 Å². The van der Waals surface area contributed by atoms with Crippen LogP contribution in [-0.2, 0) is 0 Å². The molecule has 1 N–H and O–H groups in total. The summed E-state index contributed by atoms with van der Waals surface area (Å²) in [6.45, 7) is 5.98. The first-order valence-electron chi connectivity index (χ1n) is 6.35. The summed E-state index contributed by atoms with van der Waals surface area (Å²) in [6.07, 6.45) is 4.24. The van der Waals surface area contributed by atoms with Crippen LogP contribution in [0.1, 0.15) is 33.1 Å². The van der Waals surface area contributed by atoms with Gasteiger partial charge < -0.3 is 10.2 Å². The minimum atomic E-state index is 0.671. The van der Waals surface area contributed by atoms with E-state index in [1.165, 1.54) is 25.8 Å². The van der Waals surface area contributed by atoms with E-state index in [4.69, 9.17) is 0 Å². The van der Waals surface area contributed by atoms with Gasteiger partial charge >= 0.3 is 0 Å². The zero-order valence-corrected chi connectivity index (χ0v) is 11.1. The molecular formula is C13H28N2. The highest BCUT2D eigenvalue weighted by atomic mass is 15.1. The predicted molar refractivity (Wildman–Crippen MR) is 67.1 cm³/mol. The average molecular weight is 212 g/mol. The zero-order valence-electron chi connectivity index (χ0n) is 11.1. The monoisotopic (exact) mass is 212 g/mol. The van der Waals surface area contributed by atoms with Crippen LogP contribution in [0.2, 0.25) is 0 Å². The Hall–Kier alpha value is -0.0800. The minimum absolute atomic E-state index is 0.671. The highest BCUT2D eigenvalue weighted by Crippen LogP contribution is 2.34. The quantitative estimate of drug-likeness (QED) is 0.768. The number of nitrogens with zero attached hydrogens (tertiary/aromatic N) is 1. The first-order chi connectivity index (χ1) is 7.02. The van der Waals surface area contributed by atoms with Gasteiger partial charge in [-0.25, -0.2) is 0 Å². The molecule has 0 heterocycles. The van der Waals surface area contributed by atoms with Crippen molar-refractivity contribution < 1.29 is 0 Å². The standard InChI is InChI=1S/C13H28N2/c1-10-6-11(2)8-12(7-10)13(14-3)9-15(4)5/h10-14H,6-9H2,1-5H3. The predicted octanol–water partition coefficient (Wildman–Crippen LogP) is 2.21. The molecule has 15 heavy (non-hydrogen) atoms. The van der Waals surface area contributed by atoms with Gasteiger partial charge in [-0.2, -0.15) is 0 Å². The molecule has 0 radical (unpaired) electrons. The van der Waals surface area contributed by atoms with Gasteiger partial charge in [0.25, 0.3) is 0 Å². The minimum Gasteiger partial charge on any atom is -0.315 e. The van der Waals surface area contributed by atoms with Crippen molar-refractivity contribution in [2.45, 2.75) is 39.2 Å². The lowest BCUT2D eigenvalue weighted by atomic mass is 9.73. The number of likely N-dealkylation sites (N-methyl/N-ethyl adjacent to an activating group) is 2. The number of rotatable bonds is 4. The fourth-order valence-corrected chi connectivity index (χ4v) is 3.21. The van der Waals surface area contributed by atoms with Crippen LogP contribution in [0.5, 0.6) is 0 Å². The van der Waals surface area contributed by atoms with Crippen LogP contribution in [0.15, 0.2) is 0 Å². The van der Waals surface area contributed by atoms with Crippen molar-refractivity contribution in [2.24, 2.45) is 17.8 Å². The van der Waals surface area contributed by atoms with Crippen LogP contribution in [0, 0.1) is 17.8 Å². The van der Waals surface area contributed by atoms with Crippen LogP contribution in [0.4, 0.5) is 0 Å². The average Bonchev–Trinajstić information content (AvgIpc) is 2.12. The van der Waals surface area contributed by atoms with Gasteiger partial charge in [0.15, 0.2) is 0 Å². The molecule has 0 amide bonds. The van der Waals surface area contributed by atoms with Gasteiger partial charge in [0.05, 0.1) is 0 Å². The Kier molecular flexibility index (Phi) is 5.07. The summed E-state index contributed by atoms with van der Waals surface area (Å²) in [5.41, 5.74) is 0. The maximum atomic E-state index is 3.50. The summed E-state index contributed by atoms with van der Waals surface area (Å²) in [7, 11) is 6.44. The number of nitrogens with one attached hydrogen (secondary N) is 1. The van der Waals surface area contributed by atoms with Crippen LogP contribution in [0.3, 0.4) is 0 Å². The van der Waals surface area contributed by atoms with E-state index in [0.717, 1.165) is 17.8 Å². The highest BCUT2D eigenvalue weighted by molar-refractivity contribution is 4.84. The molecule has 0 aliphatic heterocycles. The van der Waals surface area contributed by atoms with E-state index in [1.807, 2.05) is 0 Å². The Labute approximate surface area is 95.4 Å². The summed E-state index contributed by atoms with van der Waals surface area (Å²) in [5.74, 6) is 2.70. The normalized spacial score (nSPS) is 34.4. The van der Waals surface area contributed by atoms with Gasteiger partial charge in [0.2, 0.25) is 0 Å². The van der Waals surface area contributed by atoms with Crippen LogP contribution >= 0.6 is 0 Å². The molecule has 0 spiro atoms. The smallest absolute Gasteiger partial charge is 0.0220 e. The van der Waals surface area contributed by atoms with E-state index in [-0.39, 0.29) is 0 Å². The Morgan fingerprint density at radius 3 is 2.07 bits per heavy atom. The Morgan fingerprint density at radius 2 is 1.67 bits per heavy atom. The molecule has 0 saturated heterocycles. The molecule has 1 saturated carbocycles. The van der Waals surface area contributed by atoms with Crippen molar-refractivity contribution >= 4 is 0 Å². The van der Waals surface area contributed by atoms with Crippen molar-refractivity contribution in [3.05, 3.63) is 0 Å². The lowest BCUT2D eigenvalue weighted by molar-refractivity contribution is 0.161. The topological polar surface area (TPSA) is 15.3 Å². The third-order valence-corrected chi connectivity index (χ3v) is 3.72. The number of hydrogen-bond acceptors (Lipinski definition) is 2. The van der Waals surface area contributed by atoms with Crippen molar-refractivity contribution in [3.63, 3.8) is 0 Å². The second kappa shape index (κ2) is 5.86. The third-order valence-electron chi connectivity index (χ3n) is 3.72. The molecule has 0 aromatic rings. The molecule has 0 aromatic carbocycles. The molecule has 1 rings (SSSR count). The van der Waals surface area contributed by atoms with Gasteiger partial charge in [-0.05, 0) is 58.2 Å². The van der Waals surface area contributed by atoms with E-state index >= 15 is 0 Å². The summed E-state index contributed by atoms with van der Waals surface area (Å²) >= 11 is 0. The lowest BCUT2D eigenvalue weighted by Crippen LogP contribution is -2.44. The van der Waals surface area contributed by atoms with Crippen LogP contribution in [0.25, 0.3) is 0 Å². The first-order valence-corrected chi connectivity index (χ1v) is 6.35. The van der Waals surface area contributed by atoms with Crippen molar-refractivity contribution in [1.29, 1.82) is 0 Å². The molecule has 0 aromatic heterocycles. The van der Waals surface area contributed by atoms with E-state index in [2.05, 4.69) is 45.2 Å². The van der Waals surface area contributed by atoms with Gasteiger partial charge in [0, 0.05) is 12.6 Å². The SMILES string of the molecule is CNC(CN(C)C)C1CC(C)CC(C)C1. The summed E-state index contributed by atoms with van der Waals surface area (Å²) < 4.78 is 0. The van der Waals surface area contributed by atoms with E-state index in [1.54, 1.807) is 0 Å². The fraction of sp³-hybridized carbons (Fsp3) is 1.00. The molecule has 1 aliphatic rings. The third kappa shape index (κ3) is 4.12. The van der Waals surface area contributed by atoms with Crippen molar-refractivity contribution in [2.75, 3.05) is 27.7 Å². The van der Waals surface area contributed by atoms with Gasteiger partial charge in [-0.1, -0.05) is 13.8 Å². The second-order valence-electron chi connectivity index (χ2n) is 5.83. The maximum absolute atomic E-state index is 3.50. The Bertz CT molecular complexity index is 169. The zero-order chi connectivity index (χ0) is 11.4. The first kappa shape index (κ1) is 13.0. The van der Waals surface area contributed by atoms with Gasteiger partial charge in [0.1, 0.15) is 0 Å². The molecular weight excluding hydrogens is 184 g/mol. The van der Waals surface area contributed by atoms with E-state index < -0.39 is 0 Å². The van der Waals surface area contributed by atoms with Crippen LogP contribution < -0.4 is 5.32 Å². The van der Waals surface area contributed by atoms with E-state index in [9.17, 15) is 0 Å². The summed E-state index contributed by atoms with van der Waals surface area (Å²) in [6, 6.07) is 0.671. The second-order valence-corrected chi connectivity index (χ2v) is 5.83. The molecule has 2 heteroatoms. The summed E-state index contributed by atoms with van der Waals surface area (Å²) in [4.78, 5) is 2.30. The van der Waals surface area contributed by atoms with E-state index in [0.29, 0.717) is 6.04 Å². The molecule has 3 atom stereocenters. The largest absolute Gasteiger partial charge is 0.315 e. The molecule has 90 valence electrons. The van der Waals surface area contributed by atoms with Gasteiger partial charge in [-0.3, -0.25) is 0 Å². The molecule has 1 aliphatic carbocycles. The number of hydrogen-bond donors (Lipinski definition) is 1. The fourth-order valence-electron chi connectivity index (χ4n) is 3.21. The molecule has 2 nitrogen and oxygen atoms in total.